The summed E-state index contributed by atoms with van der Waals surface area (Å²) in [4.78, 5) is 70.9. The van der Waals surface area contributed by atoms with E-state index in [9.17, 15) is 39.0 Å². The lowest BCUT2D eigenvalue weighted by Crippen LogP contribution is -2.41. The van der Waals surface area contributed by atoms with Crippen LogP contribution in [0.1, 0.15) is 46.4 Å². The molecule has 2 aromatic rings. The Labute approximate surface area is 224 Å². The third-order valence-corrected chi connectivity index (χ3v) is 7.47. The Morgan fingerprint density at radius 1 is 0.605 bits per heavy atom. The van der Waals surface area contributed by atoms with Gasteiger partial charge >= 0.3 is 23.9 Å². The molecule has 0 aliphatic carbocycles. The molecule has 0 saturated carbocycles. The topological polar surface area (TPSA) is 207 Å². The summed E-state index contributed by atoms with van der Waals surface area (Å²) in [6.45, 7) is 0. The van der Waals surface area contributed by atoms with Gasteiger partial charge in [-0.05, 0) is 37.1 Å². The van der Waals surface area contributed by atoms with Gasteiger partial charge in [0.25, 0.3) is 11.8 Å². The highest BCUT2D eigenvalue weighted by atomic mass is 33.1. The highest BCUT2D eigenvalue weighted by molar-refractivity contribution is 8.76. The number of amides is 2. The lowest BCUT2D eigenvalue weighted by Gasteiger charge is -2.16. The van der Waals surface area contributed by atoms with Crippen LogP contribution >= 0.6 is 21.6 Å². The third kappa shape index (κ3) is 9.44. The van der Waals surface area contributed by atoms with Crippen LogP contribution in [-0.2, 0) is 19.2 Å². The van der Waals surface area contributed by atoms with Crippen LogP contribution in [0.5, 0.6) is 0 Å². The van der Waals surface area contributed by atoms with E-state index in [1.54, 1.807) is 36.4 Å². The minimum Gasteiger partial charge on any atom is -0.481 e. The minimum absolute atomic E-state index is 0.133. The number of carbonyl (C=O) groups is 6. The monoisotopic (exact) mass is 564 g/mol. The van der Waals surface area contributed by atoms with E-state index < -0.39 is 60.6 Å². The minimum atomic E-state index is -1.41. The van der Waals surface area contributed by atoms with E-state index in [2.05, 4.69) is 10.6 Å². The molecule has 38 heavy (non-hydrogen) atoms. The lowest BCUT2D eigenvalue weighted by molar-refractivity contribution is -0.142. The predicted molar refractivity (Wildman–Crippen MR) is 136 cm³/mol. The predicted octanol–water partition coefficient (Wildman–Crippen LogP) is 2.58. The fourth-order valence-corrected chi connectivity index (χ4v) is 5.43. The Hall–Kier alpha value is -4.04. The normalized spacial score (nSPS) is 12.1. The van der Waals surface area contributed by atoms with Crippen molar-refractivity contribution in [1.29, 1.82) is 0 Å². The van der Waals surface area contributed by atoms with Crippen molar-refractivity contribution in [2.75, 3.05) is 0 Å². The van der Waals surface area contributed by atoms with Crippen molar-refractivity contribution in [3.05, 3.63) is 59.7 Å². The van der Waals surface area contributed by atoms with E-state index in [0.717, 1.165) is 21.6 Å². The molecule has 0 heterocycles. The summed E-state index contributed by atoms with van der Waals surface area (Å²) in [5, 5.41) is 40.9. The molecular formula is C24H24N2O10S2. The molecule has 2 amide bonds. The zero-order chi connectivity index (χ0) is 28.2. The van der Waals surface area contributed by atoms with Crippen LogP contribution < -0.4 is 10.6 Å². The van der Waals surface area contributed by atoms with E-state index >= 15 is 0 Å². The molecule has 2 aromatic carbocycles. The number of carboxylic acid groups (broad SMARTS) is 4. The quantitative estimate of drug-likeness (QED) is 0.173. The fraction of sp³-hybridized carbons (Fsp3) is 0.250. The molecule has 0 spiro atoms. The van der Waals surface area contributed by atoms with E-state index in [0.29, 0.717) is 9.79 Å². The molecule has 0 radical (unpaired) electrons. The lowest BCUT2D eigenvalue weighted by atomic mass is 10.1. The van der Waals surface area contributed by atoms with Crippen LogP contribution in [0.2, 0.25) is 0 Å². The molecule has 0 saturated heterocycles. The number of carbonyl (C=O) groups excluding carboxylic acids is 2. The van der Waals surface area contributed by atoms with Crippen molar-refractivity contribution in [2.45, 2.75) is 47.6 Å². The second kappa shape index (κ2) is 14.6. The van der Waals surface area contributed by atoms with Gasteiger partial charge < -0.3 is 31.1 Å². The fourth-order valence-electron chi connectivity index (χ4n) is 3.07. The number of hydrogen-bond donors (Lipinski definition) is 6. The van der Waals surface area contributed by atoms with Crippen molar-refractivity contribution < 1.29 is 49.2 Å². The maximum atomic E-state index is 12.8. The van der Waals surface area contributed by atoms with Crippen LogP contribution in [-0.4, -0.2) is 68.2 Å². The summed E-state index contributed by atoms with van der Waals surface area (Å²) in [6, 6.07) is 9.77. The molecule has 14 heteroatoms. The molecular weight excluding hydrogens is 540 g/mol. The van der Waals surface area contributed by atoms with Crippen molar-refractivity contribution in [2.24, 2.45) is 0 Å². The highest BCUT2D eigenvalue weighted by Gasteiger charge is 2.25. The smallest absolute Gasteiger partial charge is 0.326 e. The zero-order valence-corrected chi connectivity index (χ0v) is 21.3. The first-order chi connectivity index (χ1) is 18.0. The molecule has 6 N–H and O–H groups in total. The number of rotatable bonds is 15. The average Bonchev–Trinajstić information content (AvgIpc) is 2.87. The van der Waals surface area contributed by atoms with Gasteiger partial charge in [0.1, 0.15) is 12.1 Å². The number of aliphatic carboxylic acids is 4. The number of benzene rings is 2. The second-order valence-corrected chi connectivity index (χ2v) is 9.97. The Kier molecular flexibility index (Phi) is 11.6. The van der Waals surface area contributed by atoms with Gasteiger partial charge in [0.05, 0.1) is 11.1 Å². The first-order valence-electron chi connectivity index (χ1n) is 11.0. The zero-order valence-electron chi connectivity index (χ0n) is 19.7. The first-order valence-corrected chi connectivity index (χ1v) is 13.2. The summed E-state index contributed by atoms with van der Waals surface area (Å²) in [7, 11) is 2.19. The summed E-state index contributed by atoms with van der Waals surface area (Å²) >= 11 is 0. The van der Waals surface area contributed by atoms with E-state index in [-0.39, 0.29) is 24.0 Å². The number of hydrogen-bond acceptors (Lipinski definition) is 8. The molecule has 0 aromatic heterocycles. The van der Waals surface area contributed by atoms with Gasteiger partial charge in [-0.1, -0.05) is 45.9 Å². The Morgan fingerprint density at radius 2 is 0.947 bits per heavy atom. The maximum Gasteiger partial charge on any atom is 0.326 e. The standard InChI is InChI=1S/C24H24N2O10S2/c27-19(28)11-9-15(23(33)34)25-21(31)13-5-1-3-7-17(13)37-38-18-8-4-2-6-14(18)22(32)26-16(24(35)36)10-12-20(29)30/h1-8,15-16H,9-12H2,(H,25,31)(H,26,32)(H,27,28)(H,29,30)(H,33,34)(H,35,36)/t15-,16?/m0/s1. The van der Waals surface area contributed by atoms with Gasteiger partial charge in [0.2, 0.25) is 0 Å². The molecule has 12 nitrogen and oxygen atoms in total. The summed E-state index contributed by atoms with van der Waals surface area (Å²) in [5.74, 6) is -6.58. The third-order valence-electron chi connectivity index (χ3n) is 4.99. The van der Waals surface area contributed by atoms with Crippen molar-refractivity contribution in [3.63, 3.8) is 0 Å². The van der Waals surface area contributed by atoms with E-state index in [1.165, 1.54) is 12.1 Å². The first kappa shape index (κ1) is 30.2. The molecule has 202 valence electrons. The SMILES string of the molecule is O=C(O)CCC(NC(=O)c1ccccc1SSc1ccccc1C(=O)N[C@@H](CCC(=O)O)C(=O)O)C(=O)O. The molecule has 0 aliphatic rings. The average molecular weight is 565 g/mol. The molecule has 0 fully saturated rings. The van der Waals surface area contributed by atoms with Crippen LogP contribution in [0.25, 0.3) is 0 Å². The van der Waals surface area contributed by atoms with Gasteiger partial charge in [0.15, 0.2) is 0 Å². The van der Waals surface area contributed by atoms with Gasteiger partial charge in [-0.3, -0.25) is 19.2 Å². The number of carboxylic acids is 4. The van der Waals surface area contributed by atoms with E-state index in [1.807, 2.05) is 0 Å². The van der Waals surface area contributed by atoms with Crippen molar-refractivity contribution in [3.8, 4) is 0 Å². The van der Waals surface area contributed by atoms with Crippen LogP contribution in [0.4, 0.5) is 0 Å². The van der Waals surface area contributed by atoms with Crippen LogP contribution in [0.15, 0.2) is 58.3 Å². The van der Waals surface area contributed by atoms with Gasteiger partial charge in [-0.2, -0.15) is 0 Å². The highest BCUT2D eigenvalue weighted by Crippen LogP contribution is 2.40. The van der Waals surface area contributed by atoms with Gasteiger partial charge in [-0.15, -0.1) is 0 Å². The van der Waals surface area contributed by atoms with E-state index in [4.69, 9.17) is 10.2 Å². The molecule has 1 unspecified atom stereocenters. The summed E-state index contributed by atoms with van der Waals surface area (Å²) < 4.78 is 0. The molecule has 0 aliphatic heterocycles. The molecule has 2 atom stereocenters. The summed E-state index contributed by atoms with van der Waals surface area (Å²) in [5.41, 5.74) is 0.265. The largest absolute Gasteiger partial charge is 0.481 e. The molecule has 2 rings (SSSR count). The maximum absolute atomic E-state index is 12.8. The number of nitrogens with one attached hydrogen (secondary N) is 2. The van der Waals surface area contributed by atoms with Gasteiger partial charge in [0, 0.05) is 22.6 Å². The Bertz CT molecular complexity index is 1130. The van der Waals surface area contributed by atoms with Crippen LogP contribution in [0, 0.1) is 0 Å². The Balaban J connectivity index is 2.17. The Morgan fingerprint density at radius 3 is 1.26 bits per heavy atom. The van der Waals surface area contributed by atoms with Crippen molar-refractivity contribution in [1.82, 2.24) is 10.6 Å². The summed E-state index contributed by atoms with van der Waals surface area (Å²) in [6.07, 6.45) is -1.48. The van der Waals surface area contributed by atoms with Crippen molar-refractivity contribution >= 4 is 57.3 Å². The van der Waals surface area contributed by atoms with Crippen LogP contribution in [0.3, 0.4) is 0 Å². The second-order valence-electron chi connectivity index (χ2n) is 7.75. The molecule has 0 bridgehead atoms. The van der Waals surface area contributed by atoms with Gasteiger partial charge in [-0.25, -0.2) is 9.59 Å².